The fourth-order valence-electron chi connectivity index (χ4n) is 2.57. The fourth-order valence-corrected chi connectivity index (χ4v) is 2.57. The molecule has 27 heavy (non-hydrogen) atoms. The molecule has 4 rings (SSSR count). The van der Waals surface area contributed by atoms with Crippen molar-refractivity contribution in [3.63, 3.8) is 0 Å². The minimum Gasteiger partial charge on any atom is -0.408 e. The van der Waals surface area contributed by atoms with Crippen LogP contribution in [0.2, 0.25) is 0 Å². The number of carbonyl (C=O) groups excluding carboxylic acids is 1. The molecule has 0 atom stereocenters. The molecule has 9 nitrogen and oxygen atoms in total. The van der Waals surface area contributed by atoms with Crippen LogP contribution in [-0.4, -0.2) is 30.5 Å². The van der Waals surface area contributed by atoms with Gasteiger partial charge < -0.3 is 9.73 Å². The van der Waals surface area contributed by atoms with Gasteiger partial charge in [0.15, 0.2) is 11.3 Å². The van der Waals surface area contributed by atoms with E-state index in [1.807, 2.05) is 12.1 Å². The van der Waals surface area contributed by atoms with Gasteiger partial charge >= 0.3 is 5.76 Å². The molecule has 136 valence electrons. The number of carbonyl (C=O) groups is 1. The molecule has 3 aromatic heterocycles. The maximum absolute atomic E-state index is 14.3. The van der Waals surface area contributed by atoms with Crippen molar-refractivity contribution in [2.75, 3.05) is 5.32 Å². The predicted octanol–water partition coefficient (Wildman–Crippen LogP) is 1.56. The Morgan fingerprint density at radius 1 is 1.33 bits per heavy atom. The van der Waals surface area contributed by atoms with E-state index in [9.17, 15) is 14.0 Å². The van der Waals surface area contributed by atoms with Crippen molar-refractivity contribution in [3.8, 4) is 0 Å². The number of rotatable bonds is 4. The van der Waals surface area contributed by atoms with Crippen LogP contribution in [0.25, 0.3) is 11.1 Å². The van der Waals surface area contributed by atoms with Gasteiger partial charge in [0, 0.05) is 25.4 Å². The number of anilines is 1. The molecule has 1 aromatic carbocycles. The van der Waals surface area contributed by atoms with Gasteiger partial charge in [-0.2, -0.15) is 0 Å². The largest absolute Gasteiger partial charge is 0.419 e. The van der Waals surface area contributed by atoms with Crippen LogP contribution in [0, 0.1) is 5.82 Å². The summed E-state index contributed by atoms with van der Waals surface area (Å²) in [6, 6.07) is 7.83. The van der Waals surface area contributed by atoms with Gasteiger partial charge in [-0.25, -0.2) is 13.9 Å². The summed E-state index contributed by atoms with van der Waals surface area (Å²) in [7, 11) is 1.46. The molecule has 0 saturated heterocycles. The molecule has 1 amide bonds. The summed E-state index contributed by atoms with van der Waals surface area (Å²) in [5.41, 5.74) is 1.10. The van der Waals surface area contributed by atoms with Crippen molar-refractivity contribution in [1.82, 2.24) is 24.5 Å². The van der Waals surface area contributed by atoms with Crippen LogP contribution in [0.5, 0.6) is 0 Å². The highest BCUT2D eigenvalue weighted by molar-refractivity contribution is 6.03. The number of nitrogens with one attached hydrogen (secondary N) is 1. The Balaban J connectivity index is 1.55. The molecular formula is C17H13FN6O3. The Labute approximate surface area is 151 Å². The lowest BCUT2D eigenvalue weighted by molar-refractivity contribution is 0.102. The first-order valence-electron chi connectivity index (χ1n) is 7.92. The number of benzene rings is 1. The maximum Gasteiger partial charge on any atom is 0.419 e. The van der Waals surface area contributed by atoms with Crippen LogP contribution in [0.3, 0.4) is 0 Å². The third kappa shape index (κ3) is 3.19. The van der Waals surface area contributed by atoms with E-state index < -0.39 is 17.5 Å². The Hall–Kier alpha value is -3.82. The van der Waals surface area contributed by atoms with Gasteiger partial charge in [-0.05, 0) is 12.1 Å². The van der Waals surface area contributed by atoms with Crippen molar-refractivity contribution >= 4 is 22.7 Å². The van der Waals surface area contributed by atoms with Crippen LogP contribution in [0.15, 0.2) is 51.9 Å². The van der Waals surface area contributed by atoms with E-state index in [2.05, 4.69) is 20.6 Å². The second-order valence-corrected chi connectivity index (χ2v) is 5.80. The second kappa shape index (κ2) is 6.48. The maximum atomic E-state index is 14.3. The molecule has 0 aliphatic rings. The van der Waals surface area contributed by atoms with Crippen molar-refractivity contribution in [2.45, 2.75) is 6.54 Å². The molecule has 0 radical (unpaired) electrons. The van der Waals surface area contributed by atoms with Crippen LogP contribution in [-0.2, 0) is 13.6 Å². The minimum atomic E-state index is -0.701. The third-order valence-electron chi connectivity index (χ3n) is 3.95. The highest BCUT2D eigenvalue weighted by Gasteiger charge is 2.16. The highest BCUT2D eigenvalue weighted by Crippen LogP contribution is 2.22. The quantitative estimate of drug-likeness (QED) is 0.586. The summed E-state index contributed by atoms with van der Waals surface area (Å²) in [6.07, 6.45) is 3.09. The number of aromatic nitrogens is 5. The van der Waals surface area contributed by atoms with Crippen molar-refractivity contribution in [1.29, 1.82) is 0 Å². The summed E-state index contributed by atoms with van der Waals surface area (Å²) in [5, 5.41) is 10.1. The number of halogens is 1. The molecular weight excluding hydrogens is 355 g/mol. The van der Waals surface area contributed by atoms with Gasteiger partial charge in [-0.15, -0.1) is 5.10 Å². The van der Waals surface area contributed by atoms with Crippen molar-refractivity contribution < 1.29 is 13.6 Å². The first-order chi connectivity index (χ1) is 13.0. The van der Waals surface area contributed by atoms with Crippen molar-refractivity contribution in [2.24, 2.45) is 7.05 Å². The van der Waals surface area contributed by atoms with E-state index in [4.69, 9.17) is 4.42 Å². The normalized spacial score (nSPS) is 11.0. The fraction of sp³-hybridized carbons (Fsp3) is 0.118. The van der Waals surface area contributed by atoms with Crippen molar-refractivity contribution in [3.05, 3.63) is 70.5 Å². The average molecular weight is 368 g/mol. The third-order valence-corrected chi connectivity index (χ3v) is 3.95. The Morgan fingerprint density at radius 3 is 2.96 bits per heavy atom. The van der Waals surface area contributed by atoms with E-state index >= 15 is 0 Å². The standard InChI is InChI=1S/C17H13FN6O3/c1-23-14-6-11(18)12(7-15(14)27-17(23)26)20-16(25)13-9-24(22-21-13)8-10-4-2-3-5-19-10/h2-7,9H,8H2,1H3,(H,20,25). The van der Waals surface area contributed by atoms with E-state index in [1.54, 1.807) is 12.3 Å². The molecule has 4 aromatic rings. The summed E-state index contributed by atoms with van der Waals surface area (Å²) in [4.78, 5) is 28.0. The lowest BCUT2D eigenvalue weighted by Crippen LogP contribution is -2.13. The molecule has 0 aliphatic carbocycles. The number of hydrogen-bond donors (Lipinski definition) is 1. The predicted molar refractivity (Wildman–Crippen MR) is 92.7 cm³/mol. The van der Waals surface area contributed by atoms with E-state index in [0.717, 1.165) is 11.8 Å². The molecule has 0 saturated carbocycles. The highest BCUT2D eigenvalue weighted by atomic mass is 19.1. The van der Waals surface area contributed by atoms with E-state index in [-0.39, 0.29) is 22.5 Å². The molecule has 3 heterocycles. The monoisotopic (exact) mass is 368 g/mol. The zero-order chi connectivity index (χ0) is 19.0. The Bertz CT molecular complexity index is 1190. The van der Waals surface area contributed by atoms with Crippen LogP contribution in [0.4, 0.5) is 10.1 Å². The smallest absolute Gasteiger partial charge is 0.408 e. The van der Waals surface area contributed by atoms with Gasteiger partial charge in [-0.3, -0.25) is 14.3 Å². The molecule has 0 unspecified atom stereocenters. The lowest BCUT2D eigenvalue weighted by atomic mass is 10.2. The number of hydrogen-bond acceptors (Lipinski definition) is 6. The number of aryl methyl sites for hydroxylation is 1. The van der Waals surface area contributed by atoms with Crippen LogP contribution < -0.4 is 11.1 Å². The molecule has 0 aliphatic heterocycles. The summed E-state index contributed by atoms with van der Waals surface area (Å²) in [6.45, 7) is 0.344. The SMILES string of the molecule is Cn1c(=O)oc2cc(NC(=O)c3cn(Cc4ccccn4)nn3)c(F)cc21. The zero-order valence-electron chi connectivity index (χ0n) is 14.1. The van der Waals surface area contributed by atoms with E-state index in [0.29, 0.717) is 6.54 Å². The summed E-state index contributed by atoms with van der Waals surface area (Å²) < 4.78 is 21.9. The molecule has 0 fully saturated rings. The topological polar surface area (TPSA) is 108 Å². The van der Waals surface area contributed by atoms with Gasteiger partial charge in [0.2, 0.25) is 0 Å². The van der Waals surface area contributed by atoms with Gasteiger partial charge in [0.25, 0.3) is 5.91 Å². The average Bonchev–Trinajstić information content (AvgIpc) is 3.22. The van der Waals surface area contributed by atoms with Gasteiger partial charge in [-0.1, -0.05) is 11.3 Å². The van der Waals surface area contributed by atoms with E-state index in [1.165, 1.54) is 28.6 Å². The number of nitrogens with zero attached hydrogens (tertiary/aromatic N) is 5. The van der Waals surface area contributed by atoms with Crippen LogP contribution >= 0.6 is 0 Å². The first kappa shape index (κ1) is 16.6. The molecule has 10 heteroatoms. The second-order valence-electron chi connectivity index (χ2n) is 5.80. The van der Waals surface area contributed by atoms with Crippen LogP contribution in [0.1, 0.15) is 16.2 Å². The van der Waals surface area contributed by atoms with Gasteiger partial charge in [0.05, 0.1) is 29.6 Å². The number of fused-ring (bicyclic) bond motifs is 1. The Kier molecular flexibility index (Phi) is 3.99. The lowest BCUT2D eigenvalue weighted by Gasteiger charge is -2.04. The molecule has 0 bridgehead atoms. The number of pyridine rings is 1. The number of amides is 1. The molecule has 0 spiro atoms. The zero-order valence-corrected chi connectivity index (χ0v) is 14.1. The summed E-state index contributed by atoms with van der Waals surface area (Å²) in [5.74, 6) is -1.96. The number of oxazole rings is 1. The molecule has 1 N–H and O–H groups in total. The Morgan fingerprint density at radius 2 is 2.19 bits per heavy atom. The minimum absolute atomic E-state index is 0.0138. The summed E-state index contributed by atoms with van der Waals surface area (Å²) >= 11 is 0. The first-order valence-corrected chi connectivity index (χ1v) is 7.92. The van der Waals surface area contributed by atoms with Gasteiger partial charge in [0.1, 0.15) is 5.82 Å².